The quantitative estimate of drug-likeness (QED) is 0.842. The maximum absolute atomic E-state index is 12.6. The summed E-state index contributed by atoms with van der Waals surface area (Å²) in [5, 5.41) is 10.7. The van der Waals surface area contributed by atoms with Gasteiger partial charge in [0.15, 0.2) is 5.69 Å². The number of amides is 1. The zero-order chi connectivity index (χ0) is 17.6. The van der Waals surface area contributed by atoms with E-state index in [1.54, 1.807) is 31.4 Å². The molecule has 3 rings (SSSR count). The largest absolute Gasteiger partial charge is 0.497 e. The van der Waals surface area contributed by atoms with E-state index in [4.69, 9.17) is 9.47 Å². The predicted molar refractivity (Wildman–Crippen MR) is 95.5 cm³/mol. The highest BCUT2D eigenvalue weighted by atomic mass is 16.5. The molecule has 2 aromatic rings. The van der Waals surface area contributed by atoms with E-state index >= 15 is 0 Å². The molecule has 25 heavy (non-hydrogen) atoms. The van der Waals surface area contributed by atoms with Crippen LogP contribution in [0.5, 0.6) is 11.5 Å². The van der Waals surface area contributed by atoms with Gasteiger partial charge in [0.05, 0.1) is 25.4 Å². The van der Waals surface area contributed by atoms with Gasteiger partial charge >= 0.3 is 0 Å². The first-order valence-electron chi connectivity index (χ1n) is 8.59. The van der Waals surface area contributed by atoms with Crippen molar-refractivity contribution in [1.29, 1.82) is 0 Å². The second-order valence-electron chi connectivity index (χ2n) is 5.93. The molecular weight excluding hydrogens is 320 g/mol. The molecule has 1 aromatic heterocycles. The molecule has 1 amide bonds. The van der Waals surface area contributed by atoms with Gasteiger partial charge in [0.1, 0.15) is 11.5 Å². The van der Waals surface area contributed by atoms with Crippen LogP contribution in [0.2, 0.25) is 0 Å². The van der Waals surface area contributed by atoms with Gasteiger partial charge in [-0.05, 0) is 44.5 Å². The van der Waals surface area contributed by atoms with E-state index in [0.29, 0.717) is 35.5 Å². The van der Waals surface area contributed by atoms with Gasteiger partial charge in [-0.3, -0.25) is 9.48 Å². The van der Waals surface area contributed by atoms with Gasteiger partial charge in [-0.2, -0.15) is 5.10 Å². The zero-order valence-electron chi connectivity index (χ0n) is 14.6. The second kappa shape index (κ2) is 8.02. The maximum atomic E-state index is 12.6. The van der Waals surface area contributed by atoms with Gasteiger partial charge in [0, 0.05) is 18.8 Å². The third-order valence-corrected chi connectivity index (χ3v) is 4.22. The number of aromatic nitrogens is 2. The normalized spacial score (nSPS) is 17.1. The Bertz CT molecular complexity index is 723. The summed E-state index contributed by atoms with van der Waals surface area (Å²) in [6.07, 6.45) is 4.05. The molecule has 1 saturated heterocycles. The van der Waals surface area contributed by atoms with Crippen molar-refractivity contribution < 1.29 is 14.3 Å². The molecule has 1 fully saturated rings. The average molecular weight is 344 g/mol. The number of methoxy groups -OCH3 is 1. The first-order chi connectivity index (χ1) is 12.2. The average Bonchev–Trinajstić information content (AvgIpc) is 3.14. The number of nitrogens with zero attached hydrogens (tertiary/aromatic N) is 2. The molecule has 1 unspecified atom stereocenters. The fourth-order valence-corrected chi connectivity index (χ4v) is 2.92. The number of nitrogens with one attached hydrogen (secondary N) is 2. The Kier molecular flexibility index (Phi) is 5.55. The van der Waals surface area contributed by atoms with Crippen LogP contribution in [0.1, 0.15) is 36.3 Å². The lowest BCUT2D eigenvalue weighted by molar-refractivity contribution is 0.102. The lowest BCUT2D eigenvalue weighted by Gasteiger charge is -2.22. The van der Waals surface area contributed by atoms with Crippen LogP contribution in [-0.4, -0.2) is 42.5 Å². The minimum Gasteiger partial charge on any atom is -0.497 e. The van der Waals surface area contributed by atoms with Gasteiger partial charge in [0.25, 0.3) is 5.91 Å². The smallest absolute Gasteiger partial charge is 0.276 e. The van der Waals surface area contributed by atoms with Crippen molar-refractivity contribution in [3.8, 4) is 11.5 Å². The van der Waals surface area contributed by atoms with Crippen LogP contribution in [0.15, 0.2) is 30.5 Å². The van der Waals surface area contributed by atoms with Crippen LogP contribution in [0.25, 0.3) is 0 Å². The summed E-state index contributed by atoms with van der Waals surface area (Å²) < 4.78 is 12.7. The molecule has 0 bridgehead atoms. The van der Waals surface area contributed by atoms with E-state index in [1.165, 1.54) is 0 Å². The first kappa shape index (κ1) is 17.3. The van der Waals surface area contributed by atoms with Crippen LogP contribution in [0.3, 0.4) is 0 Å². The van der Waals surface area contributed by atoms with E-state index in [0.717, 1.165) is 25.9 Å². The summed E-state index contributed by atoms with van der Waals surface area (Å²) in [5.74, 6) is 0.988. The van der Waals surface area contributed by atoms with Crippen LogP contribution in [-0.2, 0) is 0 Å². The number of hydrogen-bond donors (Lipinski definition) is 2. The van der Waals surface area contributed by atoms with Crippen molar-refractivity contribution in [2.24, 2.45) is 0 Å². The summed E-state index contributed by atoms with van der Waals surface area (Å²) in [5.41, 5.74) is 0.955. The van der Waals surface area contributed by atoms with E-state index in [2.05, 4.69) is 15.7 Å². The Morgan fingerprint density at radius 2 is 2.32 bits per heavy atom. The molecular formula is C18H24N4O3. The molecule has 1 aliphatic heterocycles. The number of carbonyl (C=O) groups excluding carboxylic acids is 1. The summed E-state index contributed by atoms with van der Waals surface area (Å²) in [6.45, 7) is 4.34. The highest BCUT2D eigenvalue weighted by Crippen LogP contribution is 2.29. The number of rotatable bonds is 6. The minimum absolute atomic E-state index is 0.267. The molecule has 0 spiro atoms. The van der Waals surface area contributed by atoms with Crippen molar-refractivity contribution in [1.82, 2.24) is 15.1 Å². The minimum atomic E-state index is -0.267. The Balaban J connectivity index is 1.74. The molecule has 7 nitrogen and oxygen atoms in total. The van der Waals surface area contributed by atoms with Crippen LogP contribution < -0.4 is 20.1 Å². The molecule has 0 aliphatic carbocycles. The second-order valence-corrected chi connectivity index (χ2v) is 5.93. The number of hydrogen-bond acceptors (Lipinski definition) is 5. The van der Waals surface area contributed by atoms with Crippen molar-refractivity contribution >= 4 is 11.6 Å². The molecule has 2 N–H and O–H groups in total. The number of benzene rings is 1. The predicted octanol–water partition coefficient (Wildman–Crippen LogP) is 2.47. The fourth-order valence-electron chi connectivity index (χ4n) is 2.92. The molecule has 0 radical (unpaired) electrons. The number of piperidine rings is 1. The van der Waals surface area contributed by atoms with Crippen molar-refractivity contribution in [3.05, 3.63) is 36.2 Å². The molecule has 7 heteroatoms. The highest BCUT2D eigenvalue weighted by Gasteiger charge is 2.18. The van der Waals surface area contributed by atoms with Crippen LogP contribution in [0, 0.1) is 0 Å². The Morgan fingerprint density at radius 1 is 1.44 bits per heavy atom. The SMILES string of the molecule is CCOc1ccc(OC)cc1NC(=O)c1ccn(C2CCCNC2)n1. The number of anilines is 1. The van der Waals surface area contributed by atoms with Crippen LogP contribution >= 0.6 is 0 Å². The molecule has 0 saturated carbocycles. The van der Waals surface area contributed by atoms with Crippen molar-refractivity contribution in [3.63, 3.8) is 0 Å². The fraction of sp³-hybridized carbons (Fsp3) is 0.444. The third kappa shape index (κ3) is 4.11. The van der Waals surface area contributed by atoms with Gasteiger partial charge in [-0.25, -0.2) is 0 Å². The van der Waals surface area contributed by atoms with Gasteiger partial charge < -0.3 is 20.1 Å². The standard InChI is InChI=1S/C18H24N4O3/c1-3-25-17-7-6-14(24-2)11-16(17)20-18(23)15-8-10-22(21-15)13-5-4-9-19-12-13/h6-8,10-11,13,19H,3-5,9,12H2,1-2H3,(H,20,23). The Hall–Kier alpha value is -2.54. The topological polar surface area (TPSA) is 77.4 Å². The summed E-state index contributed by atoms with van der Waals surface area (Å²) in [7, 11) is 1.58. The monoisotopic (exact) mass is 344 g/mol. The molecule has 1 aliphatic rings. The van der Waals surface area contributed by atoms with Gasteiger partial charge in [-0.1, -0.05) is 0 Å². The summed E-state index contributed by atoms with van der Waals surface area (Å²) in [4.78, 5) is 12.6. The van der Waals surface area contributed by atoms with E-state index in [1.807, 2.05) is 17.8 Å². The summed E-state index contributed by atoms with van der Waals surface area (Å²) in [6, 6.07) is 7.36. The lowest BCUT2D eigenvalue weighted by atomic mass is 10.1. The van der Waals surface area contributed by atoms with E-state index < -0.39 is 0 Å². The Morgan fingerprint density at radius 3 is 3.04 bits per heavy atom. The van der Waals surface area contributed by atoms with Crippen molar-refractivity contribution in [2.75, 3.05) is 32.1 Å². The van der Waals surface area contributed by atoms with Gasteiger partial charge in [0.2, 0.25) is 0 Å². The lowest BCUT2D eigenvalue weighted by Crippen LogP contribution is -2.32. The van der Waals surface area contributed by atoms with E-state index in [9.17, 15) is 4.79 Å². The summed E-state index contributed by atoms with van der Waals surface area (Å²) >= 11 is 0. The van der Waals surface area contributed by atoms with E-state index in [-0.39, 0.29) is 5.91 Å². The maximum Gasteiger partial charge on any atom is 0.276 e. The molecule has 134 valence electrons. The Labute approximate surface area is 147 Å². The van der Waals surface area contributed by atoms with Gasteiger partial charge in [-0.15, -0.1) is 0 Å². The number of carbonyl (C=O) groups is 1. The van der Waals surface area contributed by atoms with Crippen molar-refractivity contribution in [2.45, 2.75) is 25.8 Å². The zero-order valence-corrected chi connectivity index (χ0v) is 14.6. The first-order valence-corrected chi connectivity index (χ1v) is 8.59. The molecule has 1 atom stereocenters. The molecule has 2 heterocycles. The third-order valence-electron chi connectivity index (χ3n) is 4.22. The molecule has 1 aromatic carbocycles. The number of ether oxygens (including phenoxy) is 2. The van der Waals surface area contributed by atoms with Crippen LogP contribution in [0.4, 0.5) is 5.69 Å². The highest BCUT2D eigenvalue weighted by molar-refractivity contribution is 6.03.